The fourth-order valence-corrected chi connectivity index (χ4v) is 3.88. The van der Waals surface area contributed by atoms with Gasteiger partial charge in [-0.2, -0.15) is 26.3 Å². The van der Waals surface area contributed by atoms with E-state index in [9.17, 15) is 49.1 Å². The van der Waals surface area contributed by atoms with Gasteiger partial charge in [0.25, 0.3) is 5.91 Å². The lowest BCUT2D eigenvalue weighted by atomic mass is 10.1. The summed E-state index contributed by atoms with van der Waals surface area (Å²) >= 11 is 0. The van der Waals surface area contributed by atoms with Crippen molar-refractivity contribution in [2.75, 3.05) is 18.0 Å². The van der Waals surface area contributed by atoms with E-state index in [0.29, 0.717) is 12.3 Å². The summed E-state index contributed by atoms with van der Waals surface area (Å²) in [6, 6.07) is 0.118. The third-order valence-corrected chi connectivity index (χ3v) is 5.63. The summed E-state index contributed by atoms with van der Waals surface area (Å²) in [7, 11) is 0. The van der Waals surface area contributed by atoms with Crippen molar-refractivity contribution in [2.24, 2.45) is 0 Å². The highest BCUT2D eigenvalue weighted by molar-refractivity contribution is 5.97. The summed E-state index contributed by atoms with van der Waals surface area (Å²) in [5.41, 5.74) is -3.35. The second kappa shape index (κ2) is 9.27. The Morgan fingerprint density at radius 3 is 2.30 bits per heavy atom. The number of halogens is 9. The van der Waals surface area contributed by atoms with E-state index in [1.165, 1.54) is 11.0 Å². The van der Waals surface area contributed by atoms with Gasteiger partial charge in [0.05, 0.1) is 17.6 Å². The van der Waals surface area contributed by atoms with Crippen LogP contribution in [0.1, 0.15) is 16.8 Å². The van der Waals surface area contributed by atoms with Crippen molar-refractivity contribution >= 4 is 22.8 Å². The fourth-order valence-electron chi connectivity index (χ4n) is 3.88. The molecule has 0 aliphatic carbocycles. The molecule has 0 unspecified atom stereocenters. The smallest absolute Gasteiger partial charge is 0.354 e. The maximum absolute atomic E-state index is 14.6. The molecule has 1 aliphatic rings. The van der Waals surface area contributed by atoms with E-state index >= 15 is 0 Å². The molecule has 3 aromatic rings. The highest BCUT2D eigenvalue weighted by Crippen LogP contribution is 2.33. The number of pyridine rings is 2. The Kier molecular flexibility index (Phi) is 6.58. The van der Waals surface area contributed by atoms with Crippen LogP contribution in [-0.2, 0) is 0 Å². The molecule has 1 aliphatic heterocycles. The van der Waals surface area contributed by atoms with Gasteiger partial charge in [0, 0.05) is 18.8 Å². The number of carbonyl (C=O) groups excluding carboxylic acids is 1. The second-order valence-corrected chi connectivity index (χ2v) is 8.20. The van der Waals surface area contributed by atoms with Gasteiger partial charge in [-0.15, -0.1) is 0 Å². The molecule has 0 saturated carbocycles. The van der Waals surface area contributed by atoms with Crippen molar-refractivity contribution in [3.8, 4) is 5.69 Å². The molecule has 3 heterocycles. The number of rotatable bonds is 4. The lowest BCUT2D eigenvalue weighted by Gasteiger charge is -2.24. The van der Waals surface area contributed by atoms with E-state index in [1.807, 2.05) is 0 Å². The molecule has 1 amide bonds. The standard InChI is InChI=1S/C22H15F9N4O2/c23-10-1-3-15(14(25)7-10)35-9-13(19(37)33-20(21(26,27)28)22(29,30)31)17(36)12-2-4-16(32-18(12)35)34-6-5-11(24)8-34/h1-4,7,9,11,20H,5-6,8H2,(H,33,37)/t11-/m0/s1. The van der Waals surface area contributed by atoms with Crippen LogP contribution in [0.4, 0.5) is 45.3 Å². The van der Waals surface area contributed by atoms with Crippen LogP contribution in [0.15, 0.2) is 41.3 Å². The van der Waals surface area contributed by atoms with Gasteiger partial charge >= 0.3 is 12.4 Å². The number of anilines is 1. The fraction of sp³-hybridized carbons (Fsp3) is 0.318. The number of aromatic nitrogens is 2. The van der Waals surface area contributed by atoms with Gasteiger partial charge < -0.3 is 10.2 Å². The topological polar surface area (TPSA) is 67.2 Å². The number of hydrogen-bond donors (Lipinski definition) is 1. The molecule has 0 spiro atoms. The molecule has 198 valence electrons. The van der Waals surface area contributed by atoms with Gasteiger partial charge in [0.15, 0.2) is 5.65 Å². The minimum atomic E-state index is -5.94. The molecule has 0 radical (unpaired) electrons. The molecule has 1 saturated heterocycles. The summed E-state index contributed by atoms with van der Waals surface area (Å²) in [5.74, 6) is -4.15. The van der Waals surface area contributed by atoms with E-state index in [4.69, 9.17) is 0 Å². The van der Waals surface area contributed by atoms with Gasteiger partial charge in [-0.3, -0.25) is 14.2 Å². The summed E-state index contributed by atoms with van der Waals surface area (Å²) in [5, 5.41) is 0.290. The molecule has 1 fully saturated rings. The van der Waals surface area contributed by atoms with Crippen LogP contribution in [0.5, 0.6) is 0 Å². The van der Waals surface area contributed by atoms with Gasteiger partial charge in [-0.25, -0.2) is 18.2 Å². The van der Waals surface area contributed by atoms with E-state index < -0.39 is 64.2 Å². The molecule has 1 aromatic carbocycles. The summed E-state index contributed by atoms with van der Waals surface area (Å²) in [6.45, 7) is 0.190. The average Bonchev–Trinajstić information content (AvgIpc) is 3.22. The summed E-state index contributed by atoms with van der Waals surface area (Å²) in [6.07, 6.45) is -12.4. The van der Waals surface area contributed by atoms with E-state index in [2.05, 4.69) is 4.98 Å². The monoisotopic (exact) mass is 538 g/mol. The first-order valence-electron chi connectivity index (χ1n) is 10.5. The molecule has 15 heteroatoms. The van der Waals surface area contributed by atoms with Crippen LogP contribution < -0.4 is 15.6 Å². The molecule has 6 nitrogen and oxygen atoms in total. The predicted molar refractivity (Wildman–Crippen MR) is 112 cm³/mol. The van der Waals surface area contributed by atoms with E-state index in [0.717, 1.165) is 28.1 Å². The number of benzene rings is 1. The van der Waals surface area contributed by atoms with Crippen molar-refractivity contribution in [1.29, 1.82) is 0 Å². The normalized spacial score (nSPS) is 16.6. The Morgan fingerprint density at radius 1 is 1.05 bits per heavy atom. The zero-order valence-corrected chi connectivity index (χ0v) is 18.3. The lowest BCUT2D eigenvalue weighted by Crippen LogP contribution is -2.55. The predicted octanol–water partition coefficient (Wildman–Crippen LogP) is 4.44. The second-order valence-electron chi connectivity index (χ2n) is 8.20. The quantitative estimate of drug-likeness (QED) is 0.500. The summed E-state index contributed by atoms with van der Waals surface area (Å²) in [4.78, 5) is 31.2. The third kappa shape index (κ3) is 5.20. The van der Waals surface area contributed by atoms with Crippen LogP contribution in [0.2, 0.25) is 0 Å². The number of alkyl halides is 7. The molecular weight excluding hydrogens is 523 g/mol. The van der Waals surface area contributed by atoms with E-state index in [1.54, 1.807) is 0 Å². The minimum absolute atomic E-state index is 0.0512. The Morgan fingerprint density at radius 2 is 1.73 bits per heavy atom. The van der Waals surface area contributed by atoms with Crippen molar-refractivity contribution in [3.63, 3.8) is 0 Å². The molecule has 0 bridgehead atoms. The zero-order chi connectivity index (χ0) is 27.3. The minimum Gasteiger partial charge on any atom is -0.354 e. The first kappa shape index (κ1) is 26.3. The molecule has 1 atom stereocenters. The molecule has 2 aromatic heterocycles. The number of nitrogens with one attached hydrogen (secondary N) is 1. The maximum atomic E-state index is 14.6. The van der Waals surface area contributed by atoms with Crippen LogP contribution in [0.25, 0.3) is 16.7 Å². The maximum Gasteiger partial charge on any atom is 0.417 e. The van der Waals surface area contributed by atoms with Crippen LogP contribution in [-0.4, -0.2) is 53.1 Å². The van der Waals surface area contributed by atoms with Gasteiger partial charge in [-0.05, 0) is 30.7 Å². The van der Waals surface area contributed by atoms with Crippen molar-refractivity contribution in [3.05, 3.63) is 63.9 Å². The SMILES string of the molecule is O=C(NC(C(F)(F)F)C(F)(F)F)c1cn(-c2ccc(F)cc2F)c2nc(N3CC[C@H](F)C3)ccc2c1=O. The van der Waals surface area contributed by atoms with Crippen molar-refractivity contribution in [1.82, 2.24) is 14.9 Å². The van der Waals surface area contributed by atoms with Crippen LogP contribution in [0, 0.1) is 11.6 Å². The number of carbonyl (C=O) groups is 1. The van der Waals surface area contributed by atoms with Gasteiger partial charge in [-0.1, -0.05) is 0 Å². The number of hydrogen-bond acceptors (Lipinski definition) is 4. The van der Waals surface area contributed by atoms with E-state index in [-0.39, 0.29) is 31.0 Å². The zero-order valence-electron chi connectivity index (χ0n) is 18.3. The number of fused-ring (bicyclic) bond motifs is 1. The highest BCUT2D eigenvalue weighted by Gasteiger charge is 2.57. The average molecular weight is 538 g/mol. The first-order chi connectivity index (χ1) is 17.2. The third-order valence-electron chi connectivity index (χ3n) is 5.63. The number of amides is 1. The van der Waals surface area contributed by atoms with Gasteiger partial charge in [0.2, 0.25) is 11.5 Å². The molecule has 37 heavy (non-hydrogen) atoms. The Balaban J connectivity index is 1.91. The largest absolute Gasteiger partial charge is 0.417 e. The lowest BCUT2D eigenvalue weighted by molar-refractivity contribution is -0.255. The highest BCUT2D eigenvalue weighted by atomic mass is 19.4. The summed E-state index contributed by atoms with van der Waals surface area (Å²) < 4.78 is 120. The Labute approximate surface area is 201 Å². The Bertz CT molecular complexity index is 1400. The molecule has 4 rings (SSSR count). The van der Waals surface area contributed by atoms with Crippen LogP contribution >= 0.6 is 0 Å². The molecule has 1 N–H and O–H groups in total. The van der Waals surface area contributed by atoms with Gasteiger partial charge in [0.1, 0.15) is 29.2 Å². The molecular formula is C22H15F9N4O2. The van der Waals surface area contributed by atoms with Crippen molar-refractivity contribution < 1.29 is 44.3 Å². The first-order valence-corrected chi connectivity index (χ1v) is 10.5. The van der Waals surface area contributed by atoms with Crippen molar-refractivity contribution in [2.45, 2.75) is 31.0 Å². The Hall–Kier alpha value is -3.78. The number of nitrogens with zero attached hydrogens (tertiary/aromatic N) is 3. The van der Waals surface area contributed by atoms with Crippen LogP contribution in [0.3, 0.4) is 0 Å².